The van der Waals surface area contributed by atoms with E-state index in [9.17, 15) is 13.2 Å². The average Bonchev–Trinajstić information content (AvgIpc) is 2.08. The molecular weight excluding hydrogens is 215 g/mol. The predicted molar refractivity (Wildman–Crippen MR) is 58.3 cm³/mol. The molecule has 1 rings (SSSR count). The average molecular weight is 231 g/mol. The molecule has 0 bridgehead atoms. The zero-order valence-electron chi connectivity index (χ0n) is 9.65. The van der Waals surface area contributed by atoms with Crippen LogP contribution in [0.15, 0.2) is 12.1 Å². The second-order valence-corrected chi connectivity index (χ2v) is 4.22. The fourth-order valence-corrected chi connectivity index (χ4v) is 1.74. The maximum Gasteiger partial charge on any atom is 0.390 e. The molecule has 0 saturated heterocycles. The van der Waals surface area contributed by atoms with Gasteiger partial charge in [0.05, 0.1) is 6.42 Å². The monoisotopic (exact) mass is 231 g/mol. The van der Waals surface area contributed by atoms with Crippen LogP contribution < -0.4 is 5.73 Å². The first kappa shape index (κ1) is 13.0. The molecule has 0 aliphatic heterocycles. The van der Waals surface area contributed by atoms with Crippen molar-refractivity contribution in [1.82, 2.24) is 0 Å². The lowest BCUT2D eigenvalue weighted by Gasteiger charge is -2.18. The van der Waals surface area contributed by atoms with Crippen LogP contribution in [0.4, 0.5) is 13.2 Å². The van der Waals surface area contributed by atoms with Gasteiger partial charge in [-0.2, -0.15) is 13.2 Å². The molecule has 0 aliphatic carbocycles. The minimum atomic E-state index is -4.22. The van der Waals surface area contributed by atoms with Crippen molar-refractivity contribution in [3.63, 3.8) is 0 Å². The lowest BCUT2D eigenvalue weighted by Crippen LogP contribution is -2.21. The fraction of sp³-hybridized carbons (Fsp3) is 0.500. The van der Waals surface area contributed by atoms with Gasteiger partial charge in [0.2, 0.25) is 0 Å². The zero-order valence-corrected chi connectivity index (χ0v) is 9.65. The third-order valence-electron chi connectivity index (χ3n) is 2.73. The van der Waals surface area contributed by atoms with Crippen molar-refractivity contribution in [2.24, 2.45) is 5.73 Å². The number of hydrogen-bond donors (Lipinski definition) is 1. The molecule has 0 heterocycles. The molecule has 1 nitrogen and oxygen atoms in total. The minimum absolute atomic E-state index is 0.584. The van der Waals surface area contributed by atoms with Gasteiger partial charge < -0.3 is 5.73 Å². The Hall–Kier alpha value is -1.03. The smallest absolute Gasteiger partial charge is 0.324 e. The molecule has 4 heteroatoms. The van der Waals surface area contributed by atoms with Gasteiger partial charge in [-0.15, -0.1) is 0 Å². The highest BCUT2D eigenvalue weighted by Crippen LogP contribution is 2.30. The minimum Gasteiger partial charge on any atom is -0.324 e. The third kappa shape index (κ3) is 3.23. The zero-order chi connectivity index (χ0) is 12.5. The van der Waals surface area contributed by atoms with E-state index in [2.05, 4.69) is 0 Å². The number of halogens is 3. The molecule has 0 radical (unpaired) electrons. The summed E-state index contributed by atoms with van der Waals surface area (Å²) in [5, 5.41) is 0. The number of benzene rings is 1. The topological polar surface area (TPSA) is 26.0 Å². The summed E-state index contributed by atoms with van der Waals surface area (Å²) in [4.78, 5) is 0. The van der Waals surface area contributed by atoms with E-state index in [1.807, 2.05) is 19.9 Å². The molecule has 0 aromatic heterocycles. The van der Waals surface area contributed by atoms with Crippen molar-refractivity contribution in [3.8, 4) is 0 Å². The lowest BCUT2D eigenvalue weighted by molar-refractivity contribution is -0.138. The van der Waals surface area contributed by atoms with Crippen molar-refractivity contribution in [3.05, 3.63) is 34.4 Å². The first-order valence-electron chi connectivity index (χ1n) is 5.11. The first-order valence-corrected chi connectivity index (χ1v) is 5.11. The third-order valence-corrected chi connectivity index (χ3v) is 2.73. The van der Waals surface area contributed by atoms with Gasteiger partial charge in [-0.25, -0.2) is 0 Å². The van der Waals surface area contributed by atoms with Gasteiger partial charge in [0.1, 0.15) is 0 Å². The molecule has 90 valence electrons. The van der Waals surface area contributed by atoms with E-state index in [0.29, 0.717) is 5.56 Å². The Morgan fingerprint density at radius 3 is 2.06 bits per heavy atom. The van der Waals surface area contributed by atoms with Crippen LogP contribution in [-0.2, 0) is 0 Å². The number of nitrogens with two attached hydrogens (primary N) is 1. The van der Waals surface area contributed by atoms with Crippen molar-refractivity contribution < 1.29 is 13.2 Å². The maximum atomic E-state index is 12.2. The van der Waals surface area contributed by atoms with Crippen molar-refractivity contribution in [2.75, 3.05) is 0 Å². The van der Waals surface area contributed by atoms with Gasteiger partial charge in [-0.05, 0) is 43.0 Å². The van der Waals surface area contributed by atoms with E-state index >= 15 is 0 Å². The quantitative estimate of drug-likeness (QED) is 0.827. The molecule has 0 saturated carbocycles. The summed E-state index contributed by atoms with van der Waals surface area (Å²) in [6.07, 6.45) is -5.19. The van der Waals surface area contributed by atoms with Crippen LogP contribution in [0.5, 0.6) is 0 Å². The van der Waals surface area contributed by atoms with Crippen LogP contribution in [0.3, 0.4) is 0 Å². The van der Waals surface area contributed by atoms with E-state index < -0.39 is 18.6 Å². The van der Waals surface area contributed by atoms with Gasteiger partial charge >= 0.3 is 6.18 Å². The summed E-state index contributed by atoms with van der Waals surface area (Å²) < 4.78 is 36.7. The Labute approximate surface area is 93.5 Å². The van der Waals surface area contributed by atoms with Crippen molar-refractivity contribution in [1.29, 1.82) is 0 Å². The molecule has 0 aliphatic rings. The Balaban J connectivity index is 3.00. The first-order chi connectivity index (χ1) is 7.20. The van der Waals surface area contributed by atoms with E-state index in [1.165, 1.54) is 0 Å². The summed E-state index contributed by atoms with van der Waals surface area (Å²) in [5.41, 5.74) is 9.02. The van der Waals surface area contributed by atoms with Crippen LogP contribution in [0.25, 0.3) is 0 Å². The van der Waals surface area contributed by atoms with E-state index in [0.717, 1.165) is 16.7 Å². The molecule has 1 unspecified atom stereocenters. The molecule has 1 atom stereocenters. The highest BCUT2D eigenvalue weighted by molar-refractivity contribution is 5.38. The van der Waals surface area contributed by atoms with Crippen LogP contribution >= 0.6 is 0 Å². The van der Waals surface area contributed by atoms with Gasteiger partial charge in [0, 0.05) is 6.04 Å². The van der Waals surface area contributed by atoms with Crippen LogP contribution in [0.1, 0.15) is 34.7 Å². The van der Waals surface area contributed by atoms with Crippen LogP contribution in [0.2, 0.25) is 0 Å². The summed E-state index contributed by atoms with van der Waals surface area (Å²) in [7, 11) is 0. The molecule has 1 aromatic carbocycles. The van der Waals surface area contributed by atoms with Crippen molar-refractivity contribution >= 4 is 0 Å². The fourth-order valence-electron chi connectivity index (χ4n) is 1.74. The van der Waals surface area contributed by atoms with Crippen LogP contribution in [0, 0.1) is 20.8 Å². The summed E-state index contributed by atoms with van der Waals surface area (Å²) in [5.74, 6) is 0. The number of alkyl halides is 3. The van der Waals surface area contributed by atoms with Crippen molar-refractivity contribution in [2.45, 2.75) is 39.4 Å². The number of aryl methyl sites for hydroxylation is 3. The second kappa shape index (κ2) is 4.45. The van der Waals surface area contributed by atoms with Gasteiger partial charge in [0.25, 0.3) is 0 Å². The Morgan fingerprint density at radius 2 is 1.56 bits per heavy atom. The normalized spacial score (nSPS) is 13.9. The Kier molecular flexibility index (Phi) is 3.63. The molecule has 0 fully saturated rings. The summed E-state index contributed by atoms with van der Waals surface area (Å²) >= 11 is 0. The predicted octanol–water partition coefficient (Wildman–Crippen LogP) is 3.56. The second-order valence-electron chi connectivity index (χ2n) is 4.22. The molecule has 2 N–H and O–H groups in total. The largest absolute Gasteiger partial charge is 0.390 e. The highest BCUT2D eigenvalue weighted by atomic mass is 19.4. The van der Waals surface area contributed by atoms with Gasteiger partial charge in [-0.1, -0.05) is 12.1 Å². The highest BCUT2D eigenvalue weighted by Gasteiger charge is 2.31. The Morgan fingerprint density at radius 1 is 1.06 bits per heavy atom. The summed E-state index contributed by atoms with van der Waals surface area (Å²) in [6, 6.07) is 2.65. The van der Waals surface area contributed by atoms with Gasteiger partial charge in [-0.3, -0.25) is 0 Å². The van der Waals surface area contributed by atoms with Crippen LogP contribution in [-0.4, -0.2) is 6.18 Å². The maximum absolute atomic E-state index is 12.2. The molecular formula is C12H16F3N. The SMILES string of the molecule is Cc1cc(C)c(C(N)CC(F)(F)F)cc1C. The number of hydrogen-bond acceptors (Lipinski definition) is 1. The van der Waals surface area contributed by atoms with E-state index in [4.69, 9.17) is 5.73 Å². The molecule has 0 amide bonds. The van der Waals surface area contributed by atoms with E-state index in [-0.39, 0.29) is 0 Å². The standard InChI is InChI=1S/C12H16F3N/c1-7-4-9(3)10(5-8(7)2)11(16)6-12(13,14)15/h4-5,11H,6,16H2,1-3H3. The molecule has 1 aromatic rings. The van der Waals surface area contributed by atoms with E-state index in [1.54, 1.807) is 13.0 Å². The molecule has 0 spiro atoms. The summed E-state index contributed by atoms with van der Waals surface area (Å²) in [6.45, 7) is 5.60. The molecule has 16 heavy (non-hydrogen) atoms. The van der Waals surface area contributed by atoms with Gasteiger partial charge in [0.15, 0.2) is 0 Å². The Bertz CT molecular complexity index is 383. The lowest BCUT2D eigenvalue weighted by atomic mass is 9.94. The number of rotatable bonds is 2.